The number of carbonyl (C=O) groups is 1. The van der Waals surface area contributed by atoms with Gasteiger partial charge in [0.15, 0.2) is 0 Å². The van der Waals surface area contributed by atoms with Crippen LogP contribution < -0.4 is 5.32 Å². The van der Waals surface area contributed by atoms with E-state index in [9.17, 15) is 22.0 Å². The first-order valence-electron chi connectivity index (χ1n) is 14.7. The number of nitrogens with zero attached hydrogens (tertiary/aromatic N) is 4. The van der Waals surface area contributed by atoms with Crippen LogP contribution in [-0.2, 0) is 27.8 Å². The van der Waals surface area contributed by atoms with Crippen molar-refractivity contribution >= 4 is 16.1 Å². The number of hydrogen-bond acceptors (Lipinski definition) is 7. The van der Waals surface area contributed by atoms with Crippen LogP contribution in [0.4, 0.5) is 13.6 Å². The molecule has 1 aromatic carbocycles. The Labute approximate surface area is 254 Å². The van der Waals surface area contributed by atoms with Gasteiger partial charge in [0, 0.05) is 43.0 Å². The van der Waals surface area contributed by atoms with E-state index in [-0.39, 0.29) is 16.9 Å². The van der Waals surface area contributed by atoms with Gasteiger partial charge in [-0.15, -0.1) is 0 Å². The maximum Gasteiger partial charge on any atom is 0.407 e. The predicted octanol–water partition coefficient (Wildman–Crippen LogP) is 5.54. The van der Waals surface area contributed by atoms with Gasteiger partial charge in [0.1, 0.15) is 17.2 Å². The number of rotatable bonds is 6. The number of likely N-dealkylation sites (N-methyl/N-ethyl adjacent to an activating group) is 1. The van der Waals surface area contributed by atoms with E-state index in [1.165, 1.54) is 6.07 Å². The smallest absolute Gasteiger partial charge is 0.407 e. The highest BCUT2D eigenvalue weighted by atomic mass is 32.2. The SMILES string of the molecule is C=CC=C.CC.CN1CC(N2Cc3cn(S(=O)(=O)C4CC4)nc3C2)CC(NC(=O)OC(C)(C)C)[C@H]1c1cc(F)ccc1F. The van der Waals surface area contributed by atoms with Crippen molar-refractivity contribution in [3.8, 4) is 0 Å². The summed E-state index contributed by atoms with van der Waals surface area (Å²) in [5.74, 6) is -1.09. The highest BCUT2D eigenvalue weighted by Gasteiger charge is 2.43. The molecular weight excluding hydrogens is 576 g/mol. The Kier molecular flexibility index (Phi) is 11.3. The van der Waals surface area contributed by atoms with E-state index in [0.717, 1.165) is 27.5 Å². The zero-order valence-electron chi connectivity index (χ0n) is 26.0. The first kappa shape index (κ1) is 34.4. The van der Waals surface area contributed by atoms with Crippen molar-refractivity contribution in [2.45, 2.75) is 95.9 Å². The number of piperidine rings is 1. The molecule has 2 aliphatic heterocycles. The van der Waals surface area contributed by atoms with Crippen molar-refractivity contribution in [1.29, 1.82) is 0 Å². The number of hydrogen-bond donors (Lipinski definition) is 1. The van der Waals surface area contributed by atoms with Gasteiger partial charge in [-0.2, -0.15) is 9.19 Å². The number of halogens is 2. The lowest BCUT2D eigenvalue weighted by Crippen LogP contribution is -2.57. The summed E-state index contributed by atoms with van der Waals surface area (Å²) in [6, 6.07) is 2.15. The first-order valence-corrected chi connectivity index (χ1v) is 16.2. The van der Waals surface area contributed by atoms with Gasteiger partial charge in [-0.3, -0.25) is 9.80 Å². The molecule has 3 heterocycles. The summed E-state index contributed by atoms with van der Waals surface area (Å²) < 4.78 is 60.6. The van der Waals surface area contributed by atoms with Crippen molar-refractivity contribution in [1.82, 2.24) is 24.3 Å². The molecule has 238 valence electrons. The summed E-state index contributed by atoms with van der Waals surface area (Å²) in [6.45, 7) is 17.5. The number of benzene rings is 1. The second-order valence-electron chi connectivity index (χ2n) is 11.8. The van der Waals surface area contributed by atoms with E-state index in [4.69, 9.17) is 4.74 Å². The monoisotopic (exact) mass is 621 g/mol. The van der Waals surface area contributed by atoms with Crippen LogP contribution in [0.1, 0.15) is 76.7 Å². The number of nitrogens with one attached hydrogen (secondary N) is 1. The van der Waals surface area contributed by atoms with Crippen molar-refractivity contribution in [2.75, 3.05) is 13.6 Å². The van der Waals surface area contributed by atoms with E-state index in [2.05, 4.69) is 28.5 Å². The fraction of sp³-hybridized carbons (Fsp3) is 0.548. The van der Waals surface area contributed by atoms with Crippen molar-refractivity contribution in [2.24, 2.45) is 0 Å². The summed E-state index contributed by atoms with van der Waals surface area (Å²) in [6.07, 6.45) is 6.07. The van der Waals surface area contributed by atoms with Crippen molar-refractivity contribution < 1.29 is 26.7 Å². The first-order chi connectivity index (χ1) is 20.2. The third-order valence-corrected chi connectivity index (χ3v) is 9.35. The van der Waals surface area contributed by atoms with Gasteiger partial charge >= 0.3 is 6.09 Å². The number of amides is 1. The molecule has 43 heavy (non-hydrogen) atoms. The molecule has 1 saturated heterocycles. The molecule has 1 N–H and O–H groups in total. The Hall–Kier alpha value is -3.09. The second kappa shape index (κ2) is 14.1. The minimum Gasteiger partial charge on any atom is -0.444 e. The van der Waals surface area contributed by atoms with Gasteiger partial charge in [-0.25, -0.2) is 22.0 Å². The van der Waals surface area contributed by atoms with Gasteiger partial charge in [-0.1, -0.05) is 39.2 Å². The molecule has 1 saturated carbocycles. The molecule has 2 fully saturated rings. The van der Waals surface area contributed by atoms with Crippen LogP contribution in [0.2, 0.25) is 0 Å². The fourth-order valence-corrected chi connectivity index (χ4v) is 6.89. The molecule has 2 unspecified atom stereocenters. The summed E-state index contributed by atoms with van der Waals surface area (Å²) in [7, 11) is -1.60. The molecule has 12 heteroatoms. The second-order valence-corrected chi connectivity index (χ2v) is 13.9. The van der Waals surface area contributed by atoms with E-state index in [1.54, 1.807) is 39.1 Å². The number of fused-ring (bicyclic) bond motifs is 1. The van der Waals surface area contributed by atoms with Gasteiger partial charge < -0.3 is 10.1 Å². The summed E-state index contributed by atoms with van der Waals surface area (Å²) in [5.41, 5.74) is 1.05. The maximum atomic E-state index is 14.8. The average Bonchev–Trinajstić information content (AvgIpc) is 3.61. The van der Waals surface area contributed by atoms with Gasteiger partial charge in [-0.05, 0) is 65.3 Å². The molecule has 5 rings (SSSR count). The van der Waals surface area contributed by atoms with Crippen LogP contribution in [0.3, 0.4) is 0 Å². The number of carbonyl (C=O) groups excluding carboxylic acids is 1. The maximum absolute atomic E-state index is 14.8. The van der Waals surface area contributed by atoms with Crippen LogP contribution >= 0.6 is 0 Å². The molecule has 0 spiro atoms. The van der Waals surface area contributed by atoms with Crippen LogP contribution in [0.15, 0.2) is 49.7 Å². The number of aromatic nitrogens is 2. The lowest BCUT2D eigenvalue weighted by Gasteiger charge is -2.46. The molecule has 0 bridgehead atoms. The van der Waals surface area contributed by atoms with Gasteiger partial charge in [0.25, 0.3) is 10.0 Å². The van der Waals surface area contributed by atoms with Gasteiger partial charge in [0.2, 0.25) is 0 Å². The molecule has 1 aliphatic carbocycles. The van der Waals surface area contributed by atoms with E-state index in [0.29, 0.717) is 38.9 Å². The molecule has 2 aromatic rings. The Morgan fingerprint density at radius 1 is 1.14 bits per heavy atom. The predicted molar refractivity (Wildman–Crippen MR) is 164 cm³/mol. The minimum atomic E-state index is -3.43. The lowest BCUT2D eigenvalue weighted by atomic mass is 9.87. The molecule has 9 nitrogen and oxygen atoms in total. The number of alkyl carbamates (subject to hydrolysis) is 1. The number of ether oxygens (including phenoxy) is 1. The highest BCUT2D eigenvalue weighted by Crippen LogP contribution is 2.37. The summed E-state index contributed by atoms with van der Waals surface area (Å²) in [5, 5.41) is 6.93. The van der Waals surface area contributed by atoms with E-state index >= 15 is 0 Å². The van der Waals surface area contributed by atoms with Crippen molar-refractivity contribution in [3.63, 3.8) is 0 Å². The lowest BCUT2D eigenvalue weighted by molar-refractivity contribution is 0.0257. The topological polar surface area (TPSA) is 96.8 Å². The minimum absolute atomic E-state index is 0.0412. The van der Waals surface area contributed by atoms with Gasteiger partial charge in [0.05, 0.1) is 23.0 Å². The Balaban J connectivity index is 0.000000780. The normalized spacial score (nSPS) is 22.3. The summed E-state index contributed by atoms with van der Waals surface area (Å²) in [4.78, 5) is 16.8. The zero-order valence-corrected chi connectivity index (χ0v) is 26.8. The third-order valence-electron chi connectivity index (χ3n) is 7.33. The summed E-state index contributed by atoms with van der Waals surface area (Å²) >= 11 is 0. The Morgan fingerprint density at radius 3 is 2.35 bits per heavy atom. The molecule has 3 atom stereocenters. The molecule has 1 aromatic heterocycles. The number of allylic oxidation sites excluding steroid dienone is 2. The average molecular weight is 622 g/mol. The fourth-order valence-electron chi connectivity index (χ4n) is 5.37. The molecule has 1 amide bonds. The van der Waals surface area contributed by atoms with Crippen LogP contribution in [0.25, 0.3) is 0 Å². The van der Waals surface area contributed by atoms with Crippen LogP contribution in [-0.4, -0.2) is 70.0 Å². The van der Waals surface area contributed by atoms with Crippen molar-refractivity contribution in [3.05, 3.63) is 78.2 Å². The molecule has 3 aliphatic rings. The number of likely N-dealkylation sites (tertiary alicyclic amines) is 1. The molecule has 0 radical (unpaired) electrons. The van der Waals surface area contributed by atoms with E-state index < -0.39 is 45.4 Å². The Bertz CT molecular complexity index is 1370. The standard InChI is InChI=1S/C25H33F2N5O4S.C4H6.C2H6/c1-25(2,3)36-24(33)28-21-10-17(13-30(4)23(21)19-9-16(26)5-8-20(19)27)31-11-15-12-32(29-22(15)14-31)37(34,35)18-6-7-18;1-3-4-2;1-2/h5,8-9,12,17-18,21,23H,6-7,10-11,13-14H2,1-4H3,(H,28,33);3-4H,1-2H2;1-2H3/t17?,21?,23-;;/m1../s1. The van der Waals surface area contributed by atoms with Crippen LogP contribution in [0, 0.1) is 11.6 Å². The highest BCUT2D eigenvalue weighted by molar-refractivity contribution is 7.90. The largest absolute Gasteiger partial charge is 0.444 e. The Morgan fingerprint density at radius 2 is 1.79 bits per heavy atom. The van der Waals surface area contributed by atoms with E-state index in [1.807, 2.05) is 25.8 Å². The molecular formula is C31H45F2N5O4S. The third kappa shape index (κ3) is 8.51. The van der Waals surface area contributed by atoms with Crippen LogP contribution in [0.5, 0.6) is 0 Å². The quantitative estimate of drug-likeness (QED) is 0.423. The zero-order chi connectivity index (χ0) is 32.1.